The molecule has 0 aliphatic heterocycles. The molecule has 11 heteroatoms. The third-order valence-corrected chi connectivity index (χ3v) is 5.61. The highest BCUT2D eigenvalue weighted by atomic mass is 35.5. The molecule has 0 saturated heterocycles. The maximum atomic E-state index is 15.2. The van der Waals surface area contributed by atoms with E-state index in [-0.39, 0.29) is 17.3 Å². The van der Waals surface area contributed by atoms with Crippen LogP contribution >= 0.6 is 11.6 Å². The summed E-state index contributed by atoms with van der Waals surface area (Å²) in [7, 11) is 3.68. The van der Waals surface area contributed by atoms with Crippen LogP contribution in [0.15, 0.2) is 24.8 Å². The van der Waals surface area contributed by atoms with Crippen LogP contribution in [-0.2, 0) is 11.3 Å². The maximum absolute atomic E-state index is 15.2. The van der Waals surface area contributed by atoms with E-state index >= 15 is 4.39 Å². The molecule has 2 atom stereocenters. The number of hydrogen-bond acceptors (Lipinski definition) is 5. The number of fused-ring (bicyclic) bond motifs is 2. The van der Waals surface area contributed by atoms with E-state index in [1.165, 1.54) is 6.20 Å². The van der Waals surface area contributed by atoms with Gasteiger partial charge in [0.1, 0.15) is 12.0 Å². The first-order valence-electron chi connectivity index (χ1n) is 9.61. The molecular formula is C20H18ClF2N7O. The predicted molar refractivity (Wildman–Crippen MR) is 112 cm³/mol. The Kier molecular flexibility index (Phi) is 4.63. The van der Waals surface area contributed by atoms with Crippen LogP contribution in [0.1, 0.15) is 12.0 Å². The van der Waals surface area contributed by atoms with Gasteiger partial charge in [-0.15, -0.1) is 0 Å². The van der Waals surface area contributed by atoms with Crippen LogP contribution in [0.3, 0.4) is 0 Å². The third-order valence-electron chi connectivity index (χ3n) is 5.26. The molecule has 1 fully saturated rings. The van der Waals surface area contributed by atoms with E-state index in [1.54, 1.807) is 23.0 Å². The molecule has 160 valence electrons. The lowest BCUT2D eigenvalue weighted by Crippen LogP contribution is -2.15. The number of benzene rings is 1. The van der Waals surface area contributed by atoms with E-state index < -0.39 is 23.8 Å². The van der Waals surface area contributed by atoms with Crippen molar-refractivity contribution in [2.75, 3.05) is 19.4 Å². The largest absolute Gasteiger partial charge is 0.309 e. The highest BCUT2D eigenvalue weighted by Crippen LogP contribution is 2.39. The van der Waals surface area contributed by atoms with Gasteiger partial charge in [-0.1, -0.05) is 11.6 Å². The van der Waals surface area contributed by atoms with Crippen LogP contribution in [0.2, 0.25) is 5.02 Å². The Bertz CT molecular complexity index is 1330. The van der Waals surface area contributed by atoms with Crippen LogP contribution in [0.5, 0.6) is 0 Å². The summed E-state index contributed by atoms with van der Waals surface area (Å²) < 4.78 is 29.9. The second-order valence-electron chi connectivity index (χ2n) is 7.89. The summed E-state index contributed by atoms with van der Waals surface area (Å²) in [5.74, 6) is -1.26. The van der Waals surface area contributed by atoms with Gasteiger partial charge in [-0.05, 0) is 20.5 Å². The molecule has 4 aromatic rings. The summed E-state index contributed by atoms with van der Waals surface area (Å²) in [6, 6.07) is 0. The third kappa shape index (κ3) is 3.41. The molecule has 0 spiro atoms. The van der Waals surface area contributed by atoms with Crippen molar-refractivity contribution in [1.82, 2.24) is 29.5 Å². The fraction of sp³-hybridized carbons (Fsp3) is 0.300. The van der Waals surface area contributed by atoms with Crippen molar-refractivity contribution >= 4 is 39.9 Å². The van der Waals surface area contributed by atoms with Gasteiger partial charge in [0.2, 0.25) is 5.91 Å². The summed E-state index contributed by atoms with van der Waals surface area (Å²) >= 11 is 6.44. The van der Waals surface area contributed by atoms with Crippen molar-refractivity contribution < 1.29 is 13.6 Å². The number of H-pyrrole nitrogens is 1. The molecule has 2 N–H and O–H groups in total. The van der Waals surface area contributed by atoms with Crippen molar-refractivity contribution in [3.8, 4) is 11.3 Å². The molecular weight excluding hydrogens is 428 g/mol. The number of carbonyl (C=O) groups is 1. The number of imidazole rings is 1. The lowest BCUT2D eigenvalue weighted by molar-refractivity contribution is -0.117. The number of aromatic amines is 1. The molecule has 5 rings (SSSR count). The van der Waals surface area contributed by atoms with Gasteiger partial charge < -0.3 is 14.6 Å². The minimum atomic E-state index is -1.09. The zero-order chi connectivity index (χ0) is 21.9. The number of hydrogen-bond donors (Lipinski definition) is 2. The molecule has 1 aromatic carbocycles. The summed E-state index contributed by atoms with van der Waals surface area (Å²) in [5, 5.41) is 10.1. The van der Waals surface area contributed by atoms with Crippen molar-refractivity contribution in [3.05, 3.63) is 41.2 Å². The van der Waals surface area contributed by atoms with Crippen LogP contribution < -0.4 is 5.32 Å². The van der Waals surface area contributed by atoms with E-state index in [0.29, 0.717) is 39.9 Å². The van der Waals surface area contributed by atoms with Crippen LogP contribution in [0.4, 0.5) is 14.6 Å². The quantitative estimate of drug-likeness (QED) is 0.491. The highest BCUT2D eigenvalue weighted by molar-refractivity contribution is 6.35. The van der Waals surface area contributed by atoms with E-state index in [2.05, 4.69) is 25.5 Å². The van der Waals surface area contributed by atoms with Gasteiger partial charge >= 0.3 is 0 Å². The van der Waals surface area contributed by atoms with E-state index in [4.69, 9.17) is 11.6 Å². The number of amides is 1. The first-order valence-corrected chi connectivity index (χ1v) is 9.99. The summed E-state index contributed by atoms with van der Waals surface area (Å²) in [4.78, 5) is 22.5. The molecule has 2 unspecified atom stereocenters. The Morgan fingerprint density at radius 1 is 1.39 bits per heavy atom. The average molecular weight is 446 g/mol. The molecule has 1 aliphatic carbocycles. The Morgan fingerprint density at radius 3 is 2.87 bits per heavy atom. The first kappa shape index (κ1) is 19.8. The van der Waals surface area contributed by atoms with E-state index in [0.717, 1.165) is 0 Å². The fourth-order valence-corrected chi connectivity index (χ4v) is 3.95. The van der Waals surface area contributed by atoms with E-state index in [9.17, 15) is 9.18 Å². The number of carbonyl (C=O) groups excluding carboxylic acids is 1. The zero-order valence-electron chi connectivity index (χ0n) is 16.7. The van der Waals surface area contributed by atoms with Crippen molar-refractivity contribution in [2.45, 2.75) is 19.1 Å². The number of alkyl halides is 1. The molecule has 3 heterocycles. The number of nitrogens with one attached hydrogen (secondary N) is 2. The minimum absolute atomic E-state index is 0.0473. The van der Waals surface area contributed by atoms with Crippen molar-refractivity contribution in [3.63, 3.8) is 0 Å². The van der Waals surface area contributed by atoms with Crippen molar-refractivity contribution in [2.24, 2.45) is 5.92 Å². The lowest BCUT2D eigenvalue weighted by Gasteiger charge is -2.15. The lowest BCUT2D eigenvalue weighted by atomic mass is 10.0. The molecule has 1 amide bonds. The summed E-state index contributed by atoms with van der Waals surface area (Å²) in [6.45, 7) is 0.350. The molecule has 3 aromatic heterocycles. The van der Waals surface area contributed by atoms with Gasteiger partial charge in [0, 0.05) is 29.3 Å². The maximum Gasteiger partial charge on any atom is 0.231 e. The van der Waals surface area contributed by atoms with Crippen LogP contribution in [0.25, 0.3) is 27.8 Å². The van der Waals surface area contributed by atoms with Crippen molar-refractivity contribution in [1.29, 1.82) is 0 Å². The second-order valence-corrected chi connectivity index (χ2v) is 8.27. The van der Waals surface area contributed by atoms with Gasteiger partial charge in [0.15, 0.2) is 11.5 Å². The fourth-order valence-electron chi connectivity index (χ4n) is 3.63. The molecule has 31 heavy (non-hydrogen) atoms. The molecule has 8 nitrogen and oxygen atoms in total. The van der Waals surface area contributed by atoms with Gasteiger partial charge in [-0.25, -0.2) is 13.8 Å². The zero-order valence-corrected chi connectivity index (χ0v) is 17.4. The normalized spacial score (nSPS) is 18.3. The van der Waals surface area contributed by atoms with Crippen LogP contribution in [0, 0.1) is 11.7 Å². The second kappa shape index (κ2) is 7.24. The first-order chi connectivity index (χ1) is 14.8. The Balaban J connectivity index is 1.57. The monoisotopic (exact) mass is 445 g/mol. The van der Waals surface area contributed by atoms with Crippen LogP contribution in [-0.4, -0.2) is 55.6 Å². The smallest absolute Gasteiger partial charge is 0.231 e. The molecule has 1 saturated carbocycles. The Hall–Kier alpha value is -3.11. The van der Waals surface area contributed by atoms with Gasteiger partial charge in [0.05, 0.1) is 40.7 Å². The standard InChI is InChI=1S/C20H18ClF2N7O/c1-29(2)6-11-18(23)17(21)16(10-4-25-28-19(10)11)13-7-30-8-14(26-15(30)5-24-13)27-20(31)9-3-12(9)22/h4-5,7-9,12H,3,6H2,1-2H3,(H,25,28)(H,27,31). The Labute approximate surface area is 180 Å². The number of anilines is 1. The summed E-state index contributed by atoms with van der Waals surface area (Å²) in [5.41, 5.74) is 2.27. The predicted octanol–water partition coefficient (Wildman–Crippen LogP) is 3.42. The topological polar surface area (TPSA) is 91.2 Å². The van der Waals surface area contributed by atoms with E-state index in [1.807, 2.05) is 19.0 Å². The molecule has 1 aliphatic rings. The summed E-state index contributed by atoms with van der Waals surface area (Å²) in [6.07, 6.45) is 5.46. The average Bonchev–Trinajstić information content (AvgIpc) is 3.11. The van der Waals surface area contributed by atoms with Gasteiger partial charge in [-0.2, -0.15) is 5.10 Å². The number of aromatic nitrogens is 5. The highest BCUT2D eigenvalue weighted by Gasteiger charge is 2.43. The van der Waals surface area contributed by atoms with Gasteiger partial charge in [0.25, 0.3) is 0 Å². The number of halogens is 3. The number of rotatable bonds is 5. The minimum Gasteiger partial charge on any atom is -0.309 e. The van der Waals surface area contributed by atoms with Gasteiger partial charge in [-0.3, -0.25) is 14.9 Å². The number of nitrogens with zero attached hydrogens (tertiary/aromatic N) is 5. The SMILES string of the molecule is CN(C)Cc1c(F)c(Cl)c(-c2cn3cc(NC(=O)C4CC4F)nc3cn2)c2cn[nH]c12. The Morgan fingerprint density at radius 2 is 2.16 bits per heavy atom. The molecule has 0 bridgehead atoms. The molecule has 0 radical (unpaired) electrons.